The second kappa shape index (κ2) is 15.2. The van der Waals surface area contributed by atoms with E-state index in [9.17, 15) is 4.79 Å². The van der Waals surface area contributed by atoms with Crippen LogP contribution >= 0.6 is 24.0 Å². The second-order valence-corrected chi connectivity index (χ2v) is 9.07. The van der Waals surface area contributed by atoms with Crippen molar-refractivity contribution in [3.05, 3.63) is 0 Å². The lowest BCUT2D eigenvalue weighted by Gasteiger charge is -2.33. The van der Waals surface area contributed by atoms with Crippen LogP contribution in [0.5, 0.6) is 0 Å². The van der Waals surface area contributed by atoms with E-state index >= 15 is 0 Å². The monoisotopic (exact) mass is 552 g/mol. The van der Waals surface area contributed by atoms with Gasteiger partial charge in [0.1, 0.15) is 0 Å². The fourth-order valence-electron chi connectivity index (χ4n) is 4.27. The lowest BCUT2D eigenvalue weighted by molar-refractivity contribution is -0.133. The molecule has 0 saturated carbocycles. The molecule has 2 heterocycles. The Kier molecular flexibility index (Phi) is 13.9. The number of likely N-dealkylation sites (tertiary alicyclic amines) is 1. The summed E-state index contributed by atoms with van der Waals surface area (Å²) in [6.07, 6.45) is 3.24. The van der Waals surface area contributed by atoms with Crippen molar-refractivity contribution in [2.24, 2.45) is 10.9 Å². The highest BCUT2D eigenvalue weighted by molar-refractivity contribution is 14.0. The van der Waals surface area contributed by atoms with Crippen molar-refractivity contribution in [1.29, 1.82) is 0 Å². The predicted octanol–water partition coefficient (Wildman–Crippen LogP) is 1.46. The molecule has 8 nitrogen and oxygen atoms in total. The normalized spacial score (nSPS) is 23.0. The fourth-order valence-corrected chi connectivity index (χ4v) is 4.27. The molecule has 0 aromatic carbocycles. The molecule has 1 amide bonds. The van der Waals surface area contributed by atoms with Gasteiger partial charge in [0, 0.05) is 53.4 Å². The molecule has 0 aromatic rings. The summed E-state index contributed by atoms with van der Waals surface area (Å²) in [7, 11) is 3.69. The van der Waals surface area contributed by atoms with Crippen LogP contribution in [-0.4, -0.2) is 112 Å². The van der Waals surface area contributed by atoms with Gasteiger partial charge in [-0.2, -0.15) is 0 Å². The Morgan fingerprint density at radius 3 is 2.71 bits per heavy atom. The van der Waals surface area contributed by atoms with E-state index in [2.05, 4.69) is 41.2 Å². The zero-order chi connectivity index (χ0) is 21.9. The van der Waals surface area contributed by atoms with Gasteiger partial charge in [0.05, 0.1) is 25.3 Å². The first kappa shape index (κ1) is 28.4. The Morgan fingerprint density at radius 2 is 2.03 bits per heavy atom. The van der Waals surface area contributed by atoms with E-state index in [4.69, 9.17) is 9.73 Å². The first-order valence-corrected chi connectivity index (χ1v) is 11.7. The molecule has 2 atom stereocenters. The van der Waals surface area contributed by atoms with Crippen LogP contribution in [0.2, 0.25) is 0 Å². The molecule has 2 rings (SSSR count). The minimum Gasteiger partial charge on any atom is -0.374 e. The van der Waals surface area contributed by atoms with Crippen LogP contribution in [0.15, 0.2) is 4.99 Å². The number of amides is 1. The van der Waals surface area contributed by atoms with Crippen molar-refractivity contribution < 1.29 is 9.53 Å². The summed E-state index contributed by atoms with van der Waals surface area (Å²) in [4.78, 5) is 23.6. The van der Waals surface area contributed by atoms with Gasteiger partial charge in [0.25, 0.3) is 0 Å². The molecule has 2 fully saturated rings. The maximum Gasteiger partial charge on any atom is 0.239 e. The molecule has 9 heteroatoms. The molecule has 2 aliphatic rings. The van der Waals surface area contributed by atoms with Gasteiger partial charge in [0.15, 0.2) is 5.96 Å². The Hall–Kier alpha value is -0.650. The quantitative estimate of drug-likeness (QED) is 0.185. The Balaban J connectivity index is 0.00000480. The predicted molar refractivity (Wildman–Crippen MR) is 138 cm³/mol. The van der Waals surface area contributed by atoms with Crippen molar-refractivity contribution in [3.8, 4) is 0 Å². The third-order valence-electron chi connectivity index (χ3n) is 5.65. The van der Waals surface area contributed by atoms with Crippen LogP contribution in [0.4, 0.5) is 0 Å². The number of hydrogen-bond acceptors (Lipinski definition) is 5. The summed E-state index contributed by atoms with van der Waals surface area (Å²) in [6.45, 7) is 14.8. The average Bonchev–Trinajstić information content (AvgIpc) is 3.16. The number of likely N-dealkylation sites (N-methyl/N-ethyl adjacent to an activating group) is 1. The van der Waals surface area contributed by atoms with Gasteiger partial charge in [-0.3, -0.25) is 19.6 Å². The van der Waals surface area contributed by atoms with E-state index < -0.39 is 0 Å². The van der Waals surface area contributed by atoms with Crippen molar-refractivity contribution >= 4 is 35.8 Å². The summed E-state index contributed by atoms with van der Waals surface area (Å²) in [5.41, 5.74) is 0. The molecule has 2 saturated heterocycles. The Morgan fingerprint density at radius 1 is 1.26 bits per heavy atom. The number of nitrogens with one attached hydrogen (secondary N) is 2. The van der Waals surface area contributed by atoms with Gasteiger partial charge in [-0.1, -0.05) is 13.8 Å². The van der Waals surface area contributed by atoms with E-state index in [0.29, 0.717) is 12.5 Å². The van der Waals surface area contributed by atoms with Crippen molar-refractivity contribution in [2.45, 2.75) is 52.2 Å². The number of morpholine rings is 1. The summed E-state index contributed by atoms with van der Waals surface area (Å²) in [5.74, 6) is 1.76. The van der Waals surface area contributed by atoms with E-state index in [-0.39, 0.29) is 42.0 Å². The van der Waals surface area contributed by atoms with Crippen LogP contribution in [0.25, 0.3) is 0 Å². The van der Waals surface area contributed by atoms with Crippen LogP contribution in [0.3, 0.4) is 0 Å². The molecule has 2 aliphatic heterocycles. The number of carbonyl (C=O) groups is 1. The topological polar surface area (TPSA) is 72.4 Å². The fraction of sp³-hybridized carbons (Fsp3) is 0.909. The molecule has 2 unspecified atom stereocenters. The molecule has 0 aliphatic carbocycles. The summed E-state index contributed by atoms with van der Waals surface area (Å²) < 4.78 is 5.92. The van der Waals surface area contributed by atoms with Gasteiger partial charge in [-0.25, -0.2) is 0 Å². The molecule has 0 aromatic heterocycles. The average molecular weight is 553 g/mol. The van der Waals surface area contributed by atoms with E-state index in [0.717, 1.165) is 77.6 Å². The molecular formula is C22H45IN6O2. The molecule has 0 spiro atoms. The van der Waals surface area contributed by atoms with Crippen LogP contribution in [-0.2, 0) is 9.53 Å². The molecule has 0 radical (unpaired) electrons. The van der Waals surface area contributed by atoms with Crippen molar-refractivity contribution in [1.82, 2.24) is 25.3 Å². The van der Waals surface area contributed by atoms with Gasteiger partial charge in [-0.05, 0) is 38.6 Å². The summed E-state index contributed by atoms with van der Waals surface area (Å²) in [5, 5.41) is 6.77. The minimum atomic E-state index is 0. The molecular weight excluding hydrogens is 507 g/mol. The highest BCUT2D eigenvalue weighted by atomic mass is 127. The van der Waals surface area contributed by atoms with Crippen LogP contribution in [0.1, 0.15) is 40.0 Å². The summed E-state index contributed by atoms with van der Waals surface area (Å²) in [6, 6.07) is 0.0548. The number of rotatable bonds is 10. The first-order valence-electron chi connectivity index (χ1n) is 11.7. The van der Waals surface area contributed by atoms with Crippen LogP contribution in [0, 0.1) is 5.92 Å². The highest BCUT2D eigenvalue weighted by Gasteiger charge is 2.31. The third kappa shape index (κ3) is 10.2. The van der Waals surface area contributed by atoms with E-state index in [1.165, 1.54) is 0 Å². The Labute approximate surface area is 206 Å². The molecule has 0 bridgehead atoms. The molecule has 2 N–H and O–H groups in total. The largest absolute Gasteiger partial charge is 0.374 e. The SMILES string of the molecule is CCNC(=NCC1CN(CC(C)C)CCO1)NCCCN1CCCC1C(=O)N(C)C.I. The third-order valence-corrected chi connectivity index (χ3v) is 5.65. The standard InChI is InChI=1S/C22H44N6O2.HI/c1-6-23-22(25-15-19-17-27(13-14-30-19)16-18(2)3)24-10-8-12-28-11-7-9-20(28)21(29)26(4)5;/h18-20H,6-17H2,1-5H3,(H2,23,24,25);1H. The zero-order valence-electron chi connectivity index (χ0n) is 20.2. The molecule has 31 heavy (non-hydrogen) atoms. The van der Waals surface area contributed by atoms with Gasteiger partial charge in [0.2, 0.25) is 5.91 Å². The van der Waals surface area contributed by atoms with Gasteiger partial charge in [-0.15, -0.1) is 24.0 Å². The number of halogens is 1. The number of aliphatic imine (C=N–C) groups is 1. The smallest absolute Gasteiger partial charge is 0.239 e. The summed E-state index contributed by atoms with van der Waals surface area (Å²) >= 11 is 0. The Bertz CT molecular complexity index is 546. The van der Waals surface area contributed by atoms with Crippen LogP contribution < -0.4 is 10.6 Å². The van der Waals surface area contributed by atoms with Crippen molar-refractivity contribution in [2.75, 3.05) is 73.1 Å². The maximum absolute atomic E-state index is 12.3. The zero-order valence-corrected chi connectivity index (χ0v) is 22.6. The number of carbonyl (C=O) groups excluding carboxylic acids is 1. The number of ether oxygens (including phenoxy) is 1. The highest BCUT2D eigenvalue weighted by Crippen LogP contribution is 2.18. The minimum absolute atomic E-state index is 0. The number of guanidine groups is 1. The van der Waals surface area contributed by atoms with Gasteiger partial charge >= 0.3 is 0 Å². The second-order valence-electron chi connectivity index (χ2n) is 9.07. The molecule has 182 valence electrons. The lowest BCUT2D eigenvalue weighted by Crippen LogP contribution is -2.46. The lowest BCUT2D eigenvalue weighted by atomic mass is 10.2. The van der Waals surface area contributed by atoms with Gasteiger partial charge < -0.3 is 20.3 Å². The number of hydrogen-bond donors (Lipinski definition) is 2. The van der Waals surface area contributed by atoms with E-state index in [1.54, 1.807) is 4.90 Å². The number of nitrogens with zero attached hydrogens (tertiary/aromatic N) is 4. The van der Waals surface area contributed by atoms with Crippen molar-refractivity contribution in [3.63, 3.8) is 0 Å². The maximum atomic E-state index is 12.3. The van der Waals surface area contributed by atoms with E-state index in [1.807, 2.05) is 14.1 Å². The first-order chi connectivity index (χ1) is 14.4.